The second kappa shape index (κ2) is 12.4. The molecule has 0 aromatic carbocycles. The molecule has 0 fully saturated rings. The highest BCUT2D eigenvalue weighted by Crippen LogP contribution is 2.36. The first-order chi connectivity index (χ1) is 10.3. The summed E-state index contributed by atoms with van der Waals surface area (Å²) in [6, 6.07) is 0. The Balaban J connectivity index is 3.28. The first-order valence-corrected chi connectivity index (χ1v) is 11.2. The molecule has 0 unspecified atom stereocenters. The summed E-state index contributed by atoms with van der Waals surface area (Å²) in [5.41, 5.74) is 0. The molecule has 22 heavy (non-hydrogen) atoms. The first kappa shape index (κ1) is 22.0. The van der Waals surface area contributed by atoms with Crippen LogP contribution in [0.3, 0.4) is 0 Å². The summed E-state index contributed by atoms with van der Waals surface area (Å²) < 4.78 is 27.5. The van der Waals surface area contributed by atoms with Crippen LogP contribution < -0.4 is 0 Å². The van der Waals surface area contributed by atoms with Gasteiger partial charge in [-0.3, -0.25) is 0 Å². The summed E-state index contributed by atoms with van der Waals surface area (Å²) in [4.78, 5) is 0. The molecular weight excluding hydrogens is 300 g/mol. The van der Waals surface area contributed by atoms with Gasteiger partial charge < -0.3 is 23.4 Å². The minimum Gasteiger partial charge on any atom is -0.414 e. The van der Waals surface area contributed by atoms with Crippen molar-refractivity contribution in [3.05, 3.63) is 0 Å². The van der Waals surface area contributed by atoms with Crippen molar-refractivity contribution in [2.45, 2.75) is 45.8 Å². The second-order valence-electron chi connectivity index (χ2n) is 6.64. The molecule has 0 rings (SSSR count). The Morgan fingerprint density at radius 3 is 1.36 bits per heavy atom. The van der Waals surface area contributed by atoms with E-state index in [-0.39, 0.29) is 5.04 Å². The quantitative estimate of drug-likeness (QED) is 0.360. The monoisotopic (exact) mass is 336 g/mol. The molecule has 0 aliphatic heterocycles. The van der Waals surface area contributed by atoms with E-state index < -0.39 is 8.32 Å². The lowest BCUT2D eigenvalue weighted by molar-refractivity contribution is -0.00388. The third-order valence-electron chi connectivity index (χ3n) is 3.82. The smallest absolute Gasteiger partial charge is 0.192 e. The van der Waals surface area contributed by atoms with Crippen molar-refractivity contribution in [2.75, 3.05) is 59.5 Å². The Labute approximate surface area is 137 Å². The lowest BCUT2D eigenvalue weighted by Gasteiger charge is -2.36. The molecule has 0 heterocycles. The van der Waals surface area contributed by atoms with Crippen LogP contribution >= 0.6 is 0 Å². The largest absolute Gasteiger partial charge is 0.414 e. The van der Waals surface area contributed by atoms with Gasteiger partial charge in [-0.25, -0.2) is 0 Å². The number of rotatable bonds is 14. The average molecular weight is 337 g/mol. The Bertz CT molecular complexity index is 253. The molecule has 0 N–H and O–H groups in total. The van der Waals surface area contributed by atoms with Gasteiger partial charge in [0.05, 0.1) is 52.9 Å². The summed E-state index contributed by atoms with van der Waals surface area (Å²) in [6.07, 6.45) is 0. The van der Waals surface area contributed by atoms with Gasteiger partial charge in [0.15, 0.2) is 8.32 Å². The van der Waals surface area contributed by atoms with Crippen molar-refractivity contribution in [1.82, 2.24) is 0 Å². The summed E-state index contributed by atoms with van der Waals surface area (Å²) in [5, 5.41) is 0.248. The van der Waals surface area contributed by atoms with Gasteiger partial charge >= 0.3 is 0 Å². The minimum absolute atomic E-state index is 0.248. The van der Waals surface area contributed by atoms with Crippen molar-refractivity contribution in [3.8, 4) is 0 Å². The minimum atomic E-state index is -1.64. The van der Waals surface area contributed by atoms with Crippen LogP contribution in [0, 0.1) is 0 Å². The molecule has 0 aromatic heterocycles. The zero-order valence-corrected chi connectivity index (χ0v) is 16.4. The van der Waals surface area contributed by atoms with Crippen LogP contribution in [0.1, 0.15) is 27.7 Å². The van der Waals surface area contributed by atoms with Crippen molar-refractivity contribution < 1.29 is 23.4 Å². The van der Waals surface area contributed by atoms with E-state index in [1.807, 2.05) is 6.92 Å². The van der Waals surface area contributed by atoms with Crippen LogP contribution in [-0.2, 0) is 23.4 Å². The maximum atomic E-state index is 6.03. The van der Waals surface area contributed by atoms with Crippen molar-refractivity contribution >= 4 is 8.32 Å². The van der Waals surface area contributed by atoms with Crippen LogP contribution in [0.2, 0.25) is 18.1 Å². The highest BCUT2D eigenvalue weighted by molar-refractivity contribution is 6.74. The highest BCUT2D eigenvalue weighted by Gasteiger charge is 2.36. The van der Waals surface area contributed by atoms with Gasteiger partial charge in [-0.15, -0.1) is 0 Å². The normalized spacial score (nSPS) is 12.8. The van der Waals surface area contributed by atoms with Crippen LogP contribution in [0.5, 0.6) is 0 Å². The van der Waals surface area contributed by atoms with E-state index in [1.54, 1.807) is 0 Å². The lowest BCUT2D eigenvalue weighted by Crippen LogP contribution is -2.41. The molecule has 0 atom stereocenters. The van der Waals surface area contributed by atoms with Crippen LogP contribution in [-0.4, -0.2) is 67.8 Å². The molecule has 0 radical (unpaired) electrons. The zero-order valence-electron chi connectivity index (χ0n) is 15.4. The van der Waals surface area contributed by atoms with Gasteiger partial charge in [0.2, 0.25) is 0 Å². The molecule has 0 aliphatic carbocycles. The maximum Gasteiger partial charge on any atom is 0.192 e. The molecule has 0 bridgehead atoms. The van der Waals surface area contributed by atoms with E-state index in [4.69, 9.17) is 23.4 Å². The number of hydrogen-bond acceptors (Lipinski definition) is 5. The van der Waals surface area contributed by atoms with E-state index in [9.17, 15) is 0 Å². The standard InChI is InChI=1S/C16H36O5Si/c1-7-17-8-9-18-10-11-19-12-13-20-14-15-21-22(5,6)16(2,3)4/h7-15H2,1-6H3. The van der Waals surface area contributed by atoms with Gasteiger partial charge in [-0.1, -0.05) is 20.8 Å². The fraction of sp³-hybridized carbons (Fsp3) is 1.00. The number of ether oxygens (including phenoxy) is 4. The molecule has 0 amide bonds. The van der Waals surface area contributed by atoms with Gasteiger partial charge in [0.25, 0.3) is 0 Å². The SMILES string of the molecule is CCOCCOCCOCCOCCO[Si](C)(C)C(C)(C)C. The van der Waals surface area contributed by atoms with Gasteiger partial charge in [-0.05, 0) is 25.1 Å². The molecule has 5 nitrogen and oxygen atoms in total. The van der Waals surface area contributed by atoms with Crippen LogP contribution in [0.15, 0.2) is 0 Å². The Morgan fingerprint density at radius 2 is 1.00 bits per heavy atom. The van der Waals surface area contributed by atoms with E-state index in [2.05, 4.69) is 33.9 Å². The van der Waals surface area contributed by atoms with Crippen molar-refractivity contribution in [3.63, 3.8) is 0 Å². The van der Waals surface area contributed by atoms with E-state index in [0.29, 0.717) is 52.9 Å². The van der Waals surface area contributed by atoms with Gasteiger partial charge in [-0.2, -0.15) is 0 Å². The Kier molecular flexibility index (Phi) is 12.5. The molecule has 0 aromatic rings. The average Bonchev–Trinajstić information content (AvgIpc) is 2.42. The predicted octanol–water partition coefficient (Wildman–Crippen LogP) is 3.09. The van der Waals surface area contributed by atoms with E-state index >= 15 is 0 Å². The highest BCUT2D eigenvalue weighted by atomic mass is 28.4. The Hall–Kier alpha value is 0.0169. The fourth-order valence-corrected chi connectivity index (χ4v) is 2.40. The van der Waals surface area contributed by atoms with E-state index in [0.717, 1.165) is 6.61 Å². The topological polar surface area (TPSA) is 46.2 Å². The maximum absolute atomic E-state index is 6.03. The molecule has 6 heteroatoms. The molecule has 0 spiro atoms. The van der Waals surface area contributed by atoms with Crippen molar-refractivity contribution in [2.24, 2.45) is 0 Å². The summed E-state index contributed by atoms with van der Waals surface area (Å²) in [6.45, 7) is 18.9. The van der Waals surface area contributed by atoms with Crippen molar-refractivity contribution in [1.29, 1.82) is 0 Å². The molecule has 0 saturated carbocycles. The van der Waals surface area contributed by atoms with Crippen LogP contribution in [0.4, 0.5) is 0 Å². The molecule has 0 saturated heterocycles. The Morgan fingerprint density at radius 1 is 0.636 bits per heavy atom. The summed E-state index contributed by atoms with van der Waals surface area (Å²) in [5.74, 6) is 0. The van der Waals surface area contributed by atoms with Crippen LogP contribution in [0.25, 0.3) is 0 Å². The first-order valence-electron chi connectivity index (χ1n) is 8.26. The lowest BCUT2D eigenvalue weighted by atomic mass is 10.2. The number of hydrogen-bond donors (Lipinski definition) is 0. The zero-order chi connectivity index (χ0) is 16.9. The summed E-state index contributed by atoms with van der Waals surface area (Å²) in [7, 11) is -1.64. The third-order valence-corrected chi connectivity index (χ3v) is 8.36. The van der Waals surface area contributed by atoms with E-state index in [1.165, 1.54) is 0 Å². The molecule has 0 aliphatic rings. The third kappa shape index (κ3) is 11.6. The van der Waals surface area contributed by atoms with Gasteiger partial charge in [0.1, 0.15) is 0 Å². The predicted molar refractivity (Wildman–Crippen MR) is 92.1 cm³/mol. The molecular formula is C16H36O5Si. The fourth-order valence-electron chi connectivity index (χ4n) is 1.38. The van der Waals surface area contributed by atoms with Gasteiger partial charge in [0, 0.05) is 6.61 Å². The molecule has 134 valence electrons. The summed E-state index contributed by atoms with van der Waals surface area (Å²) >= 11 is 0. The second-order valence-corrected chi connectivity index (χ2v) is 11.5.